The van der Waals surface area contributed by atoms with E-state index in [0.717, 1.165) is 18.4 Å². The maximum atomic E-state index is 11.6. The molecule has 6 heteroatoms. The summed E-state index contributed by atoms with van der Waals surface area (Å²) in [7, 11) is 0. The molecule has 0 spiro atoms. The number of aliphatic carboxylic acids is 1. The third-order valence-electron chi connectivity index (χ3n) is 3.40. The molecular formula is C17H23NO5. The van der Waals surface area contributed by atoms with E-state index >= 15 is 0 Å². The molecule has 0 saturated heterocycles. The quantitative estimate of drug-likeness (QED) is 0.871. The molecule has 0 radical (unpaired) electrons. The first-order chi connectivity index (χ1) is 10.7. The molecule has 0 aliphatic heterocycles. The normalized spacial score (nSPS) is 20.3. The topological polar surface area (TPSA) is 84.9 Å². The highest BCUT2D eigenvalue weighted by molar-refractivity contribution is 5.70. The third-order valence-corrected chi connectivity index (χ3v) is 3.40. The summed E-state index contributed by atoms with van der Waals surface area (Å²) in [6, 6.07) is 7.11. The Morgan fingerprint density at radius 3 is 2.35 bits per heavy atom. The van der Waals surface area contributed by atoms with Gasteiger partial charge in [0.05, 0.1) is 6.42 Å². The van der Waals surface area contributed by atoms with E-state index < -0.39 is 17.7 Å². The van der Waals surface area contributed by atoms with Crippen molar-refractivity contribution in [2.24, 2.45) is 0 Å². The molecule has 1 aliphatic carbocycles. The van der Waals surface area contributed by atoms with Crippen molar-refractivity contribution in [1.82, 2.24) is 5.32 Å². The van der Waals surface area contributed by atoms with Crippen LogP contribution in [0.5, 0.6) is 5.75 Å². The van der Waals surface area contributed by atoms with Gasteiger partial charge in [0.15, 0.2) is 0 Å². The van der Waals surface area contributed by atoms with Crippen LogP contribution < -0.4 is 10.1 Å². The second-order valence-corrected chi connectivity index (χ2v) is 6.77. The van der Waals surface area contributed by atoms with E-state index in [9.17, 15) is 9.59 Å². The van der Waals surface area contributed by atoms with Crippen LogP contribution in [-0.4, -0.2) is 34.9 Å². The lowest BCUT2D eigenvalue weighted by Crippen LogP contribution is -2.50. The van der Waals surface area contributed by atoms with Gasteiger partial charge in [0.2, 0.25) is 0 Å². The molecule has 1 aromatic carbocycles. The molecule has 2 rings (SSSR count). The van der Waals surface area contributed by atoms with Gasteiger partial charge in [-0.3, -0.25) is 4.79 Å². The average Bonchev–Trinajstić information content (AvgIpc) is 2.35. The SMILES string of the molecule is CC(C)(C)OC(=O)NC1CC(Oc2ccc(CC(=O)O)cc2)C1. The maximum absolute atomic E-state index is 11.6. The number of amides is 1. The Hall–Kier alpha value is -2.24. The van der Waals surface area contributed by atoms with Crippen molar-refractivity contribution in [3.8, 4) is 5.75 Å². The van der Waals surface area contributed by atoms with Crippen LogP contribution in [0.4, 0.5) is 4.79 Å². The zero-order valence-electron chi connectivity index (χ0n) is 13.7. The summed E-state index contributed by atoms with van der Waals surface area (Å²) < 4.78 is 11.0. The fraction of sp³-hybridized carbons (Fsp3) is 0.529. The summed E-state index contributed by atoms with van der Waals surface area (Å²) >= 11 is 0. The molecule has 126 valence electrons. The summed E-state index contributed by atoms with van der Waals surface area (Å²) in [4.78, 5) is 22.3. The maximum Gasteiger partial charge on any atom is 0.407 e. The number of hydrogen-bond donors (Lipinski definition) is 2. The Morgan fingerprint density at radius 2 is 1.83 bits per heavy atom. The Kier molecular flexibility index (Phi) is 5.13. The van der Waals surface area contributed by atoms with Crippen LogP contribution in [0.1, 0.15) is 39.2 Å². The van der Waals surface area contributed by atoms with Crippen molar-refractivity contribution >= 4 is 12.1 Å². The van der Waals surface area contributed by atoms with Crippen LogP contribution in [0, 0.1) is 0 Å². The van der Waals surface area contributed by atoms with Gasteiger partial charge in [0.1, 0.15) is 17.5 Å². The molecule has 0 atom stereocenters. The molecule has 1 aromatic rings. The number of nitrogens with one attached hydrogen (secondary N) is 1. The van der Waals surface area contributed by atoms with Crippen LogP contribution in [0.15, 0.2) is 24.3 Å². The number of alkyl carbamates (subject to hydrolysis) is 1. The molecule has 1 amide bonds. The molecule has 0 aromatic heterocycles. The van der Waals surface area contributed by atoms with E-state index in [1.165, 1.54) is 0 Å². The summed E-state index contributed by atoms with van der Waals surface area (Å²) in [5, 5.41) is 11.5. The summed E-state index contributed by atoms with van der Waals surface area (Å²) in [6.07, 6.45) is 1.12. The van der Waals surface area contributed by atoms with Crippen molar-refractivity contribution in [3.05, 3.63) is 29.8 Å². The fourth-order valence-corrected chi connectivity index (χ4v) is 2.31. The molecule has 0 bridgehead atoms. The molecule has 1 saturated carbocycles. The minimum Gasteiger partial charge on any atom is -0.490 e. The van der Waals surface area contributed by atoms with Gasteiger partial charge in [-0.2, -0.15) is 0 Å². The summed E-state index contributed by atoms with van der Waals surface area (Å²) in [5.41, 5.74) is 0.240. The lowest BCUT2D eigenvalue weighted by atomic mass is 9.89. The van der Waals surface area contributed by atoms with Crippen molar-refractivity contribution in [1.29, 1.82) is 0 Å². The molecule has 1 fully saturated rings. The summed E-state index contributed by atoms with van der Waals surface area (Å²) in [5.74, 6) is -0.145. The number of rotatable bonds is 5. The first-order valence-electron chi connectivity index (χ1n) is 7.68. The van der Waals surface area contributed by atoms with Crippen LogP contribution in [-0.2, 0) is 16.0 Å². The standard InChI is InChI=1S/C17H23NO5/c1-17(2,3)23-16(21)18-12-9-14(10-12)22-13-6-4-11(5-7-13)8-15(19)20/h4-7,12,14H,8-10H2,1-3H3,(H,18,21)(H,19,20). The number of carboxylic acids is 1. The molecule has 0 unspecified atom stereocenters. The van der Waals surface area contributed by atoms with E-state index in [-0.39, 0.29) is 18.6 Å². The number of ether oxygens (including phenoxy) is 2. The van der Waals surface area contributed by atoms with Crippen LogP contribution in [0.2, 0.25) is 0 Å². The highest BCUT2D eigenvalue weighted by Crippen LogP contribution is 2.26. The number of carbonyl (C=O) groups is 2. The zero-order valence-corrected chi connectivity index (χ0v) is 13.7. The Balaban J connectivity index is 1.71. The lowest BCUT2D eigenvalue weighted by molar-refractivity contribution is -0.136. The Morgan fingerprint density at radius 1 is 1.22 bits per heavy atom. The van der Waals surface area contributed by atoms with Gasteiger partial charge in [0, 0.05) is 18.9 Å². The van der Waals surface area contributed by atoms with Crippen molar-refractivity contribution in [2.45, 2.75) is 57.8 Å². The van der Waals surface area contributed by atoms with E-state index in [4.69, 9.17) is 14.6 Å². The second-order valence-electron chi connectivity index (χ2n) is 6.77. The van der Waals surface area contributed by atoms with E-state index in [1.807, 2.05) is 20.8 Å². The molecule has 6 nitrogen and oxygen atoms in total. The van der Waals surface area contributed by atoms with E-state index in [2.05, 4.69) is 5.32 Å². The predicted octanol–water partition coefficient (Wildman–Crippen LogP) is 2.75. The molecule has 23 heavy (non-hydrogen) atoms. The largest absolute Gasteiger partial charge is 0.490 e. The van der Waals surface area contributed by atoms with Crippen LogP contribution in [0.3, 0.4) is 0 Å². The molecule has 1 aliphatic rings. The van der Waals surface area contributed by atoms with Gasteiger partial charge >= 0.3 is 12.1 Å². The van der Waals surface area contributed by atoms with Crippen molar-refractivity contribution in [2.75, 3.05) is 0 Å². The van der Waals surface area contributed by atoms with Gasteiger partial charge in [-0.05, 0) is 38.5 Å². The molecule has 2 N–H and O–H groups in total. The van der Waals surface area contributed by atoms with Gasteiger partial charge in [0.25, 0.3) is 0 Å². The number of carboxylic acid groups (broad SMARTS) is 1. The van der Waals surface area contributed by atoms with Crippen molar-refractivity contribution < 1.29 is 24.2 Å². The molecule has 0 heterocycles. The van der Waals surface area contributed by atoms with E-state index in [1.54, 1.807) is 24.3 Å². The minimum absolute atomic E-state index is 0.00555. The van der Waals surface area contributed by atoms with Gasteiger partial charge in [-0.25, -0.2) is 4.79 Å². The highest BCUT2D eigenvalue weighted by Gasteiger charge is 2.33. The lowest BCUT2D eigenvalue weighted by Gasteiger charge is -2.36. The van der Waals surface area contributed by atoms with Crippen LogP contribution in [0.25, 0.3) is 0 Å². The fourth-order valence-electron chi connectivity index (χ4n) is 2.31. The van der Waals surface area contributed by atoms with Gasteiger partial charge in [-0.1, -0.05) is 12.1 Å². The minimum atomic E-state index is -0.853. The molecular weight excluding hydrogens is 298 g/mol. The number of benzene rings is 1. The number of hydrogen-bond acceptors (Lipinski definition) is 4. The Labute approximate surface area is 135 Å². The van der Waals surface area contributed by atoms with Gasteiger partial charge < -0.3 is 19.9 Å². The third kappa shape index (κ3) is 5.81. The highest BCUT2D eigenvalue weighted by atomic mass is 16.6. The average molecular weight is 321 g/mol. The smallest absolute Gasteiger partial charge is 0.407 e. The zero-order chi connectivity index (χ0) is 17.0. The van der Waals surface area contributed by atoms with Crippen molar-refractivity contribution in [3.63, 3.8) is 0 Å². The first-order valence-corrected chi connectivity index (χ1v) is 7.68. The second kappa shape index (κ2) is 6.89. The van der Waals surface area contributed by atoms with E-state index in [0.29, 0.717) is 5.75 Å². The predicted molar refractivity (Wildman–Crippen MR) is 84.6 cm³/mol. The van der Waals surface area contributed by atoms with Gasteiger partial charge in [-0.15, -0.1) is 0 Å². The van der Waals surface area contributed by atoms with Crippen LogP contribution >= 0.6 is 0 Å². The Bertz CT molecular complexity index is 555. The summed E-state index contributed by atoms with van der Waals surface area (Å²) in [6.45, 7) is 5.48. The number of carbonyl (C=O) groups excluding carboxylic acids is 1. The first kappa shape index (κ1) is 17.1. The monoisotopic (exact) mass is 321 g/mol.